The molecule has 3 nitrogen and oxygen atoms in total. The molecule has 0 unspecified atom stereocenters. The molecule has 0 amide bonds. The minimum Gasteiger partial charge on any atom is -0.402 e. The van der Waals surface area contributed by atoms with Crippen LogP contribution >= 0.6 is 0 Å². The van der Waals surface area contributed by atoms with Gasteiger partial charge in [-0.25, -0.2) is 0 Å². The van der Waals surface area contributed by atoms with Crippen LogP contribution in [0.1, 0.15) is 19.4 Å². The molecule has 1 aromatic carbocycles. The molecule has 0 spiro atoms. The van der Waals surface area contributed by atoms with Crippen molar-refractivity contribution in [3.05, 3.63) is 41.6 Å². The summed E-state index contributed by atoms with van der Waals surface area (Å²) < 4.78 is 0. The fourth-order valence-corrected chi connectivity index (χ4v) is 1.18. The van der Waals surface area contributed by atoms with E-state index in [9.17, 15) is 0 Å². The lowest BCUT2D eigenvalue weighted by atomic mass is 10.2. The molecule has 0 atom stereocenters. The number of nitriles is 1. The number of aliphatic imine (C=N–C) groups is 1. The number of nitrogens with two attached hydrogens (primary N) is 1. The minimum absolute atomic E-state index is 0.636. The van der Waals surface area contributed by atoms with Gasteiger partial charge < -0.3 is 5.73 Å². The van der Waals surface area contributed by atoms with Gasteiger partial charge in [-0.2, -0.15) is 5.26 Å². The molecule has 0 aliphatic carbocycles. The molecule has 2 N–H and O–H groups in total. The number of benzene rings is 1. The lowest BCUT2D eigenvalue weighted by Crippen LogP contribution is -1.94. The number of hydrogen-bond acceptors (Lipinski definition) is 3. The molecule has 0 saturated heterocycles. The largest absolute Gasteiger partial charge is 0.402 e. The van der Waals surface area contributed by atoms with Crippen LogP contribution in [0.15, 0.2) is 41.0 Å². The standard InChI is InChI=1S/C12H13N3/c1-9(14)7-10(2)15-12-5-3-11(8-13)4-6-12/h3-7H,14H2,1-2H3. The maximum Gasteiger partial charge on any atom is 0.0991 e. The zero-order chi connectivity index (χ0) is 11.3. The van der Waals surface area contributed by atoms with Crippen molar-refractivity contribution in [3.8, 4) is 6.07 Å². The van der Waals surface area contributed by atoms with E-state index in [-0.39, 0.29) is 0 Å². The van der Waals surface area contributed by atoms with E-state index in [0.29, 0.717) is 5.56 Å². The van der Waals surface area contributed by atoms with Gasteiger partial charge >= 0.3 is 0 Å². The zero-order valence-electron chi connectivity index (χ0n) is 8.86. The minimum atomic E-state index is 0.636. The maximum atomic E-state index is 8.62. The molecule has 0 bridgehead atoms. The first-order valence-corrected chi connectivity index (χ1v) is 4.61. The van der Waals surface area contributed by atoms with Crippen molar-refractivity contribution in [2.45, 2.75) is 13.8 Å². The molecule has 1 aromatic rings. The molecule has 0 aromatic heterocycles. The summed E-state index contributed by atoms with van der Waals surface area (Å²) in [5.41, 5.74) is 8.56. The summed E-state index contributed by atoms with van der Waals surface area (Å²) in [6.45, 7) is 3.70. The number of hydrogen-bond donors (Lipinski definition) is 1. The van der Waals surface area contributed by atoms with E-state index in [1.165, 1.54) is 0 Å². The lowest BCUT2D eigenvalue weighted by Gasteiger charge is -1.96. The van der Waals surface area contributed by atoms with Gasteiger partial charge in [0.1, 0.15) is 0 Å². The molecule has 0 aliphatic heterocycles. The Labute approximate surface area is 89.6 Å². The molecule has 0 aliphatic rings. The number of rotatable bonds is 2. The smallest absolute Gasteiger partial charge is 0.0991 e. The topological polar surface area (TPSA) is 62.2 Å². The Morgan fingerprint density at radius 3 is 2.40 bits per heavy atom. The molecule has 0 heterocycles. The highest BCUT2D eigenvalue weighted by Crippen LogP contribution is 2.13. The van der Waals surface area contributed by atoms with Crippen molar-refractivity contribution >= 4 is 11.4 Å². The van der Waals surface area contributed by atoms with E-state index in [1.54, 1.807) is 18.2 Å². The molecule has 15 heavy (non-hydrogen) atoms. The second-order valence-electron chi connectivity index (χ2n) is 3.30. The Balaban J connectivity index is 2.90. The monoisotopic (exact) mass is 199 g/mol. The van der Waals surface area contributed by atoms with Gasteiger partial charge in [0.15, 0.2) is 0 Å². The molecule has 0 radical (unpaired) electrons. The van der Waals surface area contributed by atoms with E-state index >= 15 is 0 Å². The molecular formula is C12H13N3. The third-order valence-corrected chi connectivity index (χ3v) is 1.74. The van der Waals surface area contributed by atoms with Gasteiger partial charge in [0.25, 0.3) is 0 Å². The van der Waals surface area contributed by atoms with Crippen molar-refractivity contribution in [1.29, 1.82) is 5.26 Å². The van der Waals surface area contributed by atoms with Crippen LogP contribution in [0.3, 0.4) is 0 Å². The summed E-state index contributed by atoms with van der Waals surface area (Å²) in [6, 6.07) is 9.16. The van der Waals surface area contributed by atoms with E-state index in [2.05, 4.69) is 11.1 Å². The fraction of sp³-hybridized carbons (Fsp3) is 0.167. The average Bonchev–Trinajstić information content (AvgIpc) is 2.17. The van der Waals surface area contributed by atoms with Crippen LogP contribution in [0.5, 0.6) is 0 Å². The Hall–Kier alpha value is -2.08. The van der Waals surface area contributed by atoms with Gasteiger partial charge in [0, 0.05) is 11.4 Å². The zero-order valence-corrected chi connectivity index (χ0v) is 8.86. The molecule has 0 saturated carbocycles. The molecular weight excluding hydrogens is 186 g/mol. The van der Waals surface area contributed by atoms with Gasteiger partial charge in [0.05, 0.1) is 17.3 Å². The fourth-order valence-electron chi connectivity index (χ4n) is 1.18. The van der Waals surface area contributed by atoms with Crippen LogP contribution in [-0.4, -0.2) is 5.71 Å². The number of allylic oxidation sites excluding steroid dienone is 2. The Morgan fingerprint density at radius 2 is 1.93 bits per heavy atom. The van der Waals surface area contributed by atoms with Gasteiger partial charge in [-0.3, -0.25) is 4.99 Å². The quantitative estimate of drug-likeness (QED) is 0.744. The van der Waals surface area contributed by atoms with Crippen molar-refractivity contribution in [2.24, 2.45) is 10.7 Å². The predicted molar refractivity (Wildman–Crippen MR) is 61.9 cm³/mol. The summed E-state index contributed by atoms with van der Waals surface area (Å²) in [6.07, 6.45) is 1.80. The molecule has 1 rings (SSSR count). The SMILES string of the molecule is CC(N)=CC(C)=Nc1ccc(C#N)cc1. The van der Waals surface area contributed by atoms with Gasteiger partial charge in [-0.05, 0) is 44.2 Å². The van der Waals surface area contributed by atoms with Crippen molar-refractivity contribution in [2.75, 3.05) is 0 Å². The van der Waals surface area contributed by atoms with Crippen molar-refractivity contribution < 1.29 is 0 Å². The Bertz CT molecular complexity index is 429. The average molecular weight is 199 g/mol. The molecule has 3 heteroatoms. The van der Waals surface area contributed by atoms with Crippen LogP contribution in [0.4, 0.5) is 5.69 Å². The second-order valence-corrected chi connectivity index (χ2v) is 3.30. The summed E-state index contributed by atoms with van der Waals surface area (Å²) in [5.74, 6) is 0. The first-order chi connectivity index (χ1) is 7.11. The van der Waals surface area contributed by atoms with Crippen LogP contribution in [0.25, 0.3) is 0 Å². The third-order valence-electron chi connectivity index (χ3n) is 1.74. The summed E-state index contributed by atoms with van der Waals surface area (Å²) in [5, 5.41) is 8.62. The maximum absolute atomic E-state index is 8.62. The van der Waals surface area contributed by atoms with E-state index < -0.39 is 0 Å². The number of nitrogens with zero attached hydrogens (tertiary/aromatic N) is 2. The summed E-state index contributed by atoms with van der Waals surface area (Å²) in [4.78, 5) is 4.33. The second kappa shape index (κ2) is 4.97. The van der Waals surface area contributed by atoms with Crippen molar-refractivity contribution in [3.63, 3.8) is 0 Å². The van der Waals surface area contributed by atoms with E-state index in [1.807, 2.05) is 26.0 Å². The van der Waals surface area contributed by atoms with E-state index in [0.717, 1.165) is 17.1 Å². The van der Waals surface area contributed by atoms with Gasteiger partial charge in [-0.1, -0.05) is 0 Å². The van der Waals surface area contributed by atoms with Gasteiger partial charge in [0.2, 0.25) is 0 Å². The normalized spacial score (nSPS) is 12.3. The first kappa shape index (κ1) is 11.0. The molecule has 0 fully saturated rings. The lowest BCUT2D eigenvalue weighted by molar-refractivity contribution is 1.32. The van der Waals surface area contributed by atoms with Crippen LogP contribution < -0.4 is 5.73 Å². The van der Waals surface area contributed by atoms with Crippen LogP contribution in [0.2, 0.25) is 0 Å². The van der Waals surface area contributed by atoms with Gasteiger partial charge in [-0.15, -0.1) is 0 Å². The first-order valence-electron chi connectivity index (χ1n) is 4.61. The van der Waals surface area contributed by atoms with E-state index in [4.69, 9.17) is 11.0 Å². The Kier molecular flexibility index (Phi) is 3.64. The molecule has 76 valence electrons. The summed E-state index contributed by atoms with van der Waals surface area (Å²) in [7, 11) is 0. The highest BCUT2D eigenvalue weighted by Gasteiger charge is 1.92. The summed E-state index contributed by atoms with van der Waals surface area (Å²) >= 11 is 0. The predicted octanol–water partition coefficient (Wildman–Crippen LogP) is 2.51. The third kappa shape index (κ3) is 3.65. The highest BCUT2D eigenvalue weighted by atomic mass is 14.7. The van der Waals surface area contributed by atoms with Crippen LogP contribution in [-0.2, 0) is 0 Å². The highest BCUT2D eigenvalue weighted by molar-refractivity contribution is 5.95. The van der Waals surface area contributed by atoms with Crippen LogP contribution in [0, 0.1) is 11.3 Å². The Morgan fingerprint density at radius 1 is 1.33 bits per heavy atom. The van der Waals surface area contributed by atoms with Crippen molar-refractivity contribution in [1.82, 2.24) is 0 Å².